The first-order valence-electron chi connectivity index (χ1n) is 47.9. The zero-order valence-corrected chi connectivity index (χ0v) is 94.0. The molecule has 0 bridgehead atoms. The first-order valence-corrected chi connectivity index (χ1v) is 58.3. The second-order valence-corrected chi connectivity index (χ2v) is 63.3. The molecule has 0 spiro atoms. The lowest BCUT2D eigenvalue weighted by Crippen LogP contribution is -2.44. The molecule has 0 amide bonds. The molecule has 682 valence electrons. The fraction of sp³-hybridized carbons (Fsp3) is 0.618. The van der Waals surface area contributed by atoms with Crippen LogP contribution in [0, 0.1) is 0 Å². The van der Waals surface area contributed by atoms with Crippen molar-refractivity contribution in [3.05, 3.63) is 208 Å². The Labute approximate surface area is 769 Å². The van der Waals surface area contributed by atoms with Gasteiger partial charge in [0.1, 0.15) is 38.1 Å². The number of para-hydroxylation sites is 3. The average molecular weight is 1710 g/mol. The molecule has 0 aliphatic carbocycles. The van der Waals surface area contributed by atoms with Gasteiger partial charge in [0.15, 0.2) is 26.9 Å². The van der Waals surface area contributed by atoms with Crippen molar-refractivity contribution < 1.29 is 0 Å². The van der Waals surface area contributed by atoms with E-state index in [0.717, 1.165) is 13.4 Å². The van der Waals surface area contributed by atoms with Crippen molar-refractivity contribution in [2.24, 2.45) is 0 Å². The molecular weight excluding hydrogens is 1510 g/mol. The van der Waals surface area contributed by atoms with Crippen molar-refractivity contribution in [3.63, 3.8) is 0 Å². The van der Waals surface area contributed by atoms with Crippen LogP contribution in [0.25, 0.3) is 0 Å². The Morgan fingerprint density at radius 3 is 0.525 bits per heavy atom. The summed E-state index contributed by atoms with van der Waals surface area (Å²) in [6.45, 7) is 122. The van der Waals surface area contributed by atoms with Crippen LogP contribution in [-0.4, -0.2) is 86.1 Å². The third-order valence-electron chi connectivity index (χ3n) is 26.5. The summed E-state index contributed by atoms with van der Waals surface area (Å²) < 4.78 is 7.54. The minimum Gasteiger partial charge on any atom is -0.401 e. The van der Waals surface area contributed by atoms with E-state index in [1.54, 1.807) is 10.9 Å². The van der Waals surface area contributed by atoms with Gasteiger partial charge in [0, 0.05) is 17.1 Å². The van der Waals surface area contributed by atoms with E-state index in [9.17, 15) is 0 Å². The van der Waals surface area contributed by atoms with E-state index in [1.807, 2.05) is 0 Å². The Hall–Kier alpha value is -5.02. The first-order chi connectivity index (χ1) is 55.1. The molecule has 122 heavy (non-hydrogen) atoms. The fourth-order valence-corrected chi connectivity index (χ4v) is 15.9. The van der Waals surface area contributed by atoms with Crippen molar-refractivity contribution in [2.45, 2.75) is 428 Å². The molecule has 0 unspecified atom stereocenters. The number of hydrogen-bond donors (Lipinski definition) is 0. The summed E-state index contributed by atoms with van der Waals surface area (Å²) in [6, 6.07) is 59.3. The van der Waals surface area contributed by atoms with Crippen LogP contribution in [0.2, 0.25) is 145 Å². The molecule has 0 aromatic heterocycles. The van der Waals surface area contributed by atoms with Gasteiger partial charge in [-0.3, -0.25) is 0 Å². The van der Waals surface area contributed by atoms with Crippen molar-refractivity contribution in [1.82, 2.24) is 0 Å². The Morgan fingerprint density at radius 1 is 0.213 bits per heavy atom. The maximum Gasteiger partial charge on any atom is 0.179 e. The molecule has 7 aromatic carbocycles. The average Bonchev–Trinajstić information content (AvgIpc) is 0.803. The monoisotopic (exact) mass is 1710 g/mol. The van der Waals surface area contributed by atoms with Crippen LogP contribution < -0.4 is 35.5 Å². The van der Waals surface area contributed by atoms with Crippen molar-refractivity contribution in [3.8, 4) is 0 Å². The maximum atomic E-state index is 2.57. The molecule has 0 heterocycles. The molecule has 0 fully saturated rings. The van der Waals surface area contributed by atoms with E-state index < -0.39 is 24.7 Å². The normalized spacial score (nSPS) is 12.0. The molecule has 7 rings (SSSR count). The van der Waals surface area contributed by atoms with Gasteiger partial charge in [0.25, 0.3) is 0 Å². The van der Waals surface area contributed by atoms with Crippen LogP contribution in [-0.2, 0) is 0 Å². The van der Waals surface area contributed by atoms with Crippen LogP contribution in [0.1, 0.15) is 327 Å². The minimum absolute atomic E-state index is 0.314. The largest absolute Gasteiger partial charge is 0.401 e. The lowest BCUT2D eigenvalue weighted by molar-refractivity contribution is 0.741. The zero-order valence-electron chi connectivity index (χ0n) is 91.0. The molecule has 7 aromatic rings. The van der Waals surface area contributed by atoms with Gasteiger partial charge < -0.3 is 13.7 Å². The van der Waals surface area contributed by atoms with Crippen molar-refractivity contribution in [2.75, 3.05) is 34.8 Å². The summed E-state index contributed by atoms with van der Waals surface area (Å²) in [5, 5.41) is 2.35. The highest BCUT2D eigenvalue weighted by Crippen LogP contribution is 2.40. The number of anilines is 3. The minimum atomic E-state index is -1.32. The zero-order chi connectivity index (χ0) is 96.1. The highest BCUT2D eigenvalue weighted by atomic mass is 28.3. The van der Waals surface area contributed by atoms with E-state index >= 15 is 0 Å². The number of rotatable bonds is 18. The van der Waals surface area contributed by atoms with Crippen LogP contribution >= 0.6 is 0 Å². The van der Waals surface area contributed by atoms with Crippen LogP contribution in [0.3, 0.4) is 0 Å². The van der Waals surface area contributed by atoms with Crippen molar-refractivity contribution in [1.29, 1.82) is 0 Å². The second kappa shape index (κ2) is 51.8. The Morgan fingerprint density at radius 2 is 0.377 bits per heavy atom. The van der Waals surface area contributed by atoms with Gasteiger partial charge in [-0.1, -0.05) is 577 Å². The Bertz CT molecular complexity index is 3420. The number of benzene rings is 7. The second-order valence-electron chi connectivity index (χ2n) is 48.2. The summed E-state index contributed by atoms with van der Waals surface area (Å²) in [6.07, 6.45) is 0. The topological polar surface area (TPSA) is 9.72 Å². The molecule has 0 saturated heterocycles. The number of nitrogens with zero attached hydrogens (tertiary/aromatic N) is 3. The summed E-state index contributed by atoms with van der Waals surface area (Å²) in [7, 11) is 2.92. The quantitative estimate of drug-likeness (QED) is 0.0793. The van der Waals surface area contributed by atoms with Gasteiger partial charge in [0.2, 0.25) is 0 Å². The predicted molar refractivity (Wildman–Crippen MR) is 591 cm³/mol. The highest BCUT2D eigenvalue weighted by Gasteiger charge is 2.34. The molecule has 0 saturated carbocycles. The SMILES string of the molecule is CB(C)C(C)(C)C.CB(C)C(C)(C)C.CB(c1c(C(C)C)cccc1C(C)C)C(C)(C)C.CB(c1c(C(C)C)cccc1C(C)C)C(C)(C)C.CB(c1ccccc1)C(C)(C)C.CB(c1ccccc1)C(C)(C)C.CC(C)c1cccc(C(C)C)c1N(C)[Si](C)(C)C.CC(C)c1cccc(C(C)C)c1N(C)[Si](C)(C)C.CN(c1ccccc1)[Si](C)(C)C. The summed E-state index contributed by atoms with van der Waals surface area (Å²) >= 11 is 0. The van der Waals surface area contributed by atoms with E-state index in [4.69, 9.17) is 0 Å². The van der Waals surface area contributed by atoms with Gasteiger partial charge in [-0.2, -0.15) is 0 Å². The van der Waals surface area contributed by atoms with E-state index in [2.05, 4.69) is 548 Å². The highest BCUT2D eigenvalue weighted by molar-refractivity contribution is 6.81. The molecule has 0 aliphatic heterocycles. The molecule has 12 heteroatoms. The van der Waals surface area contributed by atoms with Gasteiger partial charge in [-0.05, 0) is 103 Å². The first kappa shape index (κ1) is 119. The fourth-order valence-electron chi connectivity index (χ4n) is 13.1. The standard InChI is InChI=1S/2C17H29B.2C16H29NSi.2C11H17B.C10H17NSi.2C6H15B/c2*1-12(2)14-10-9-11-15(13(3)4)16(14)18(8)17(5,6)7;2*1-12(2)14-10-9-11-15(13(3)4)16(14)17(5)18(6,7)8;2*1-11(2,3)12(4)10-8-6-5-7-9-10;1-11(12(2,3)4)10-8-6-5-7-9-10;2*1-6(2,3)7(4)5/h4*9-13H,1-8H3;3*5-9H,1-4H3;2*1-5H3. The molecule has 0 radical (unpaired) electrons. The predicted octanol–water partition coefficient (Wildman–Crippen LogP) is 34.2. The molecule has 0 atom stereocenters. The summed E-state index contributed by atoms with van der Waals surface area (Å²) in [5.74, 6) is 4.73. The lowest BCUT2D eigenvalue weighted by atomic mass is 9.31. The Kier molecular flexibility index (Phi) is 50.6. The molecule has 0 aliphatic rings. The molecular formula is C110H197B6N3Si3. The van der Waals surface area contributed by atoms with Crippen molar-refractivity contribution >= 4 is 104 Å². The molecule has 0 N–H and O–H groups in total. The van der Waals surface area contributed by atoms with E-state index in [-0.39, 0.29) is 0 Å². The third kappa shape index (κ3) is 41.8. The maximum absolute atomic E-state index is 2.57. The summed E-state index contributed by atoms with van der Waals surface area (Å²) in [5.41, 5.74) is 22.5. The van der Waals surface area contributed by atoms with E-state index in [1.165, 1.54) is 72.5 Å². The Balaban J connectivity index is 0. The lowest BCUT2D eigenvalue weighted by Gasteiger charge is -2.37. The van der Waals surface area contributed by atoms with E-state index in [0.29, 0.717) is 106 Å². The van der Waals surface area contributed by atoms with Crippen LogP contribution in [0.4, 0.5) is 17.1 Å². The van der Waals surface area contributed by atoms with Crippen LogP contribution in [0.5, 0.6) is 0 Å². The third-order valence-corrected chi connectivity index (χ3v) is 33.2. The van der Waals surface area contributed by atoms with Gasteiger partial charge in [-0.15, -0.1) is 0 Å². The smallest absolute Gasteiger partial charge is 0.179 e. The summed E-state index contributed by atoms with van der Waals surface area (Å²) in [4.78, 5) is 0. The molecule has 3 nitrogen and oxygen atoms in total. The van der Waals surface area contributed by atoms with Gasteiger partial charge >= 0.3 is 0 Å². The van der Waals surface area contributed by atoms with Gasteiger partial charge in [0.05, 0.1) is 0 Å². The van der Waals surface area contributed by atoms with Crippen LogP contribution in [0.15, 0.2) is 164 Å². The number of hydrogen-bond acceptors (Lipinski definition) is 3. The van der Waals surface area contributed by atoms with Gasteiger partial charge in [-0.25, -0.2) is 0 Å².